The maximum absolute atomic E-state index is 13.2. The zero-order valence-corrected chi connectivity index (χ0v) is 19.4. The Labute approximate surface area is 203 Å². The van der Waals surface area contributed by atoms with Gasteiger partial charge in [-0.1, -0.05) is 18.2 Å². The number of methoxy groups -OCH3 is 1. The van der Waals surface area contributed by atoms with Gasteiger partial charge in [-0.15, -0.1) is 0 Å². The van der Waals surface area contributed by atoms with E-state index in [0.29, 0.717) is 11.1 Å². The number of rotatable bonds is 1. The lowest BCUT2D eigenvalue weighted by Gasteiger charge is -2.48. The highest BCUT2D eigenvalue weighted by atomic mass is 16.6. The number of aromatic nitrogens is 2. The smallest absolute Gasteiger partial charge is 0.339 e. The summed E-state index contributed by atoms with van der Waals surface area (Å²) in [5.41, 5.74) is 2.97. The molecule has 1 fully saturated rings. The van der Waals surface area contributed by atoms with Crippen LogP contribution in [0.15, 0.2) is 42.5 Å². The number of benzene rings is 3. The van der Waals surface area contributed by atoms with Crippen molar-refractivity contribution in [2.75, 3.05) is 7.11 Å². The number of carbonyl (C=O) groups excluding carboxylic acids is 1. The average Bonchev–Trinajstić information content (AvgIpc) is 3.49. The fourth-order valence-electron chi connectivity index (χ4n) is 6.93. The average molecular weight is 486 g/mol. The van der Waals surface area contributed by atoms with Crippen molar-refractivity contribution in [1.82, 2.24) is 9.13 Å². The number of nitrogens with zero attached hydrogens (tertiary/aromatic N) is 2. The van der Waals surface area contributed by atoms with Crippen molar-refractivity contribution in [2.45, 2.75) is 43.8 Å². The lowest BCUT2D eigenvalue weighted by molar-refractivity contribution is -0.314. The van der Waals surface area contributed by atoms with Crippen LogP contribution < -0.4 is 0 Å². The van der Waals surface area contributed by atoms with Crippen LogP contribution in [0, 0.1) is 0 Å². The molecule has 3 aliphatic heterocycles. The fourth-order valence-corrected chi connectivity index (χ4v) is 6.93. The molecule has 9 nitrogen and oxygen atoms in total. The number of ether oxygens (including phenoxy) is 3. The Balaban J connectivity index is 1.75. The first-order valence-electron chi connectivity index (χ1n) is 11.9. The highest BCUT2D eigenvalue weighted by molar-refractivity contribution is 6.30. The van der Waals surface area contributed by atoms with Crippen LogP contribution in [0.2, 0.25) is 0 Å². The quantitative estimate of drug-likeness (QED) is 0.312. The van der Waals surface area contributed by atoms with E-state index in [1.165, 1.54) is 7.11 Å². The summed E-state index contributed by atoms with van der Waals surface area (Å²) in [7, 11) is 1.48. The zero-order chi connectivity index (χ0) is 24.7. The van der Waals surface area contributed by atoms with Gasteiger partial charge in [0.15, 0.2) is 12.0 Å². The number of para-hydroxylation sites is 1. The van der Waals surface area contributed by atoms with E-state index in [1.807, 2.05) is 40.3 Å². The van der Waals surface area contributed by atoms with E-state index in [1.54, 1.807) is 18.2 Å². The second-order valence-electron chi connectivity index (χ2n) is 10.0. The number of aliphatic hydroxyl groups is 2. The highest BCUT2D eigenvalue weighted by Crippen LogP contribution is 2.54. The number of hydrogen-bond acceptors (Lipinski definition) is 7. The molecule has 0 radical (unpaired) electrons. The van der Waals surface area contributed by atoms with Gasteiger partial charge in [-0.2, -0.15) is 0 Å². The number of aliphatic hydroxyl groups excluding tert-OH is 2. The first kappa shape index (κ1) is 20.6. The monoisotopic (exact) mass is 486 g/mol. The van der Waals surface area contributed by atoms with Gasteiger partial charge in [0.05, 0.1) is 27.6 Å². The van der Waals surface area contributed by atoms with Crippen LogP contribution in [-0.4, -0.2) is 55.8 Å². The van der Waals surface area contributed by atoms with Crippen molar-refractivity contribution in [3.05, 3.63) is 53.6 Å². The fraction of sp³-hybridized carbons (Fsp3) is 0.296. The van der Waals surface area contributed by atoms with Gasteiger partial charge in [0.2, 0.25) is 0 Å². The Hall–Kier alpha value is -3.63. The first-order chi connectivity index (χ1) is 17.4. The van der Waals surface area contributed by atoms with Crippen molar-refractivity contribution in [1.29, 1.82) is 0 Å². The minimum atomic E-state index is -1.29. The number of aromatic hydroxyl groups is 1. The molecule has 5 heterocycles. The van der Waals surface area contributed by atoms with Crippen LogP contribution in [0.5, 0.6) is 5.75 Å². The van der Waals surface area contributed by atoms with E-state index in [9.17, 15) is 20.1 Å². The predicted molar refractivity (Wildman–Crippen MR) is 130 cm³/mol. The van der Waals surface area contributed by atoms with Gasteiger partial charge in [0.25, 0.3) is 0 Å². The van der Waals surface area contributed by atoms with Crippen molar-refractivity contribution in [3.8, 4) is 5.75 Å². The van der Waals surface area contributed by atoms with E-state index >= 15 is 0 Å². The van der Waals surface area contributed by atoms with Crippen molar-refractivity contribution >= 4 is 49.6 Å². The summed E-state index contributed by atoms with van der Waals surface area (Å²) in [6.07, 6.45) is -4.42. The van der Waals surface area contributed by atoms with Crippen LogP contribution >= 0.6 is 0 Å². The zero-order valence-electron chi connectivity index (χ0n) is 19.4. The lowest BCUT2D eigenvalue weighted by atomic mass is 9.93. The number of phenols is 1. The Morgan fingerprint density at radius 1 is 1.03 bits per heavy atom. The molecule has 2 bridgehead atoms. The molecule has 0 amide bonds. The maximum Gasteiger partial charge on any atom is 0.339 e. The lowest BCUT2D eigenvalue weighted by Crippen LogP contribution is -2.62. The Morgan fingerprint density at radius 3 is 2.64 bits per heavy atom. The normalized spacial score (nSPS) is 28.9. The number of esters is 1. The summed E-state index contributed by atoms with van der Waals surface area (Å²) >= 11 is 0. The van der Waals surface area contributed by atoms with E-state index in [-0.39, 0.29) is 12.4 Å². The molecule has 182 valence electrons. The minimum Gasteiger partial charge on any atom is -0.508 e. The third kappa shape index (κ3) is 2.07. The molecule has 5 aromatic rings. The van der Waals surface area contributed by atoms with Gasteiger partial charge >= 0.3 is 5.97 Å². The molecule has 8 rings (SSSR count). The van der Waals surface area contributed by atoms with E-state index in [0.717, 1.165) is 43.7 Å². The molecule has 1 saturated heterocycles. The SMILES string of the molecule is CO[C@@H]1[C@@H](O)[C@@H](O)[C@H]2O[C@]1(C)n1c3ccc(O)cc3c3c4c(c5c6ccccc6n2c5c31)C(=O)OC4. The van der Waals surface area contributed by atoms with Gasteiger partial charge in [0.1, 0.15) is 30.7 Å². The molecular weight excluding hydrogens is 464 g/mol. The van der Waals surface area contributed by atoms with Crippen LogP contribution in [0.1, 0.15) is 29.1 Å². The Kier molecular flexibility index (Phi) is 3.64. The summed E-state index contributed by atoms with van der Waals surface area (Å²) in [5.74, 6) is -0.324. The molecule has 2 aromatic heterocycles. The highest BCUT2D eigenvalue weighted by Gasteiger charge is 2.57. The molecular formula is C27H22N2O7. The van der Waals surface area contributed by atoms with Crippen molar-refractivity contribution in [3.63, 3.8) is 0 Å². The summed E-state index contributed by atoms with van der Waals surface area (Å²) < 4.78 is 21.9. The molecule has 3 aromatic carbocycles. The molecule has 0 spiro atoms. The van der Waals surface area contributed by atoms with Crippen LogP contribution in [0.25, 0.3) is 43.6 Å². The number of cyclic esters (lactones) is 1. The molecule has 0 aliphatic carbocycles. The van der Waals surface area contributed by atoms with Crippen LogP contribution in [0.4, 0.5) is 0 Å². The van der Waals surface area contributed by atoms with Gasteiger partial charge in [0, 0.05) is 34.2 Å². The third-order valence-electron chi connectivity index (χ3n) is 8.28. The van der Waals surface area contributed by atoms with E-state index in [2.05, 4.69) is 0 Å². The summed E-state index contributed by atoms with van der Waals surface area (Å²) in [4.78, 5) is 13.2. The topological polar surface area (TPSA) is 115 Å². The number of phenolic OH excluding ortho intramolecular Hbond substituents is 1. The maximum atomic E-state index is 13.2. The van der Waals surface area contributed by atoms with E-state index in [4.69, 9.17) is 14.2 Å². The second kappa shape index (κ2) is 6.37. The van der Waals surface area contributed by atoms with Crippen LogP contribution in [-0.2, 0) is 26.5 Å². The number of fused-ring (bicyclic) bond motifs is 13. The largest absolute Gasteiger partial charge is 0.508 e. The standard InChI is InChI=1S/C27H22N2O7/c1-27-24(34-2)22(31)23(32)25(36-27)28-15-6-4-3-5-12(15)18-19-14(10-35-26(19)33)17-13-9-11(30)7-8-16(13)29(27)21(17)20(18)28/h3-9,22-25,30-32H,10H2,1-2H3/t22-,23+,24+,25+,27-/m0/s1. The number of hydrogen-bond donors (Lipinski definition) is 3. The molecule has 5 atom stereocenters. The predicted octanol–water partition coefficient (Wildman–Crippen LogP) is 3.23. The molecule has 0 saturated carbocycles. The van der Waals surface area contributed by atoms with Gasteiger partial charge in [-0.05, 0) is 31.2 Å². The van der Waals surface area contributed by atoms with Gasteiger partial charge in [-0.3, -0.25) is 0 Å². The van der Waals surface area contributed by atoms with Gasteiger partial charge in [-0.25, -0.2) is 4.79 Å². The molecule has 3 N–H and O–H groups in total. The molecule has 3 aliphatic rings. The summed E-state index contributed by atoms with van der Waals surface area (Å²) in [5, 5.41) is 36.1. The summed E-state index contributed by atoms with van der Waals surface area (Å²) in [6, 6.07) is 12.7. The Bertz CT molecular complexity index is 1820. The van der Waals surface area contributed by atoms with Crippen molar-refractivity contribution in [2.24, 2.45) is 0 Å². The third-order valence-corrected chi connectivity index (χ3v) is 8.28. The molecule has 36 heavy (non-hydrogen) atoms. The minimum absolute atomic E-state index is 0.0876. The van der Waals surface area contributed by atoms with Crippen molar-refractivity contribution < 1.29 is 34.3 Å². The molecule has 0 unspecified atom stereocenters. The number of carbonyl (C=O) groups is 1. The van der Waals surface area contributed by atoms with E-state index < -0.39 is 36.2 Å². The molecule has 9 heteroatoms. The van der Waals surface area contributed by atoms with Crippen LogP contribution in [0.3, 0.4) is 0 Å². The first-order valence-corrected chi connectivity index (χ1v) is 11.9. The van der Waals surface area contributed by atoms with Gasteiger partial charge < -0.3 is 38.7 Å². The second-order valence-corrected chi connectivity index (χ2v) is 10.0. The summed E-state index contributed by atoms with van der Waals surface area (Å²) in [6.45, 7) is 1.94. The Morgan fingerprint density at radius 2 is 1.83 bits per heavy atom.